The molecule has 13 rings (SSSR count). The smallest absolute Gasteiger partial charge is 0.330 e. The van der Waals surface area contributed by atoms with Gasteiger partial charge in [0.2, 0.25) is 47.1 Å². The number of aromatic hydroxyl groups is 3. The van der Waals surface area contributed by atoms with E-state index in [1.165, 1.54) is 76.3 Å². The summed E-state index contributed by atoms with van der Waals surface area (Å²) in [5.41, 5.74) is 8.58. The van der Waals surface area contributed by atoms with Gasteiger partial charge >= 0.3 is 5.97 Å². The van der Waals surface area contributed by atoms with Crippen molar-refractivity contribution in [3.05, 3.63) is 119 Å². The molecule has 0 radical (unpaired) electrons. The van der Waals surface area contributed by atoms with Crippen LogP contribution in [0.15, 0.2) is 91.0 Å². The second-order valence-electron chi connectivity index (χ2n) is 28.8. The summed E-state index contributed by atoms with van der Waals surface area (Å²) in [6.07, 6.45) is -25.2. The van der Waals surface area contributed by atoms with Gasteiger partial charge in [0.15, 0.2) is 30.1 Å². The average molecular weight is 1520 g/mol. The van der Waals surface area contributed by atoms with Crippen molar-refractivity contribution < 1.29 is 133 Å². The van der Waals surface area contributed by atoms with Gasteiger partial charge in [0.05, 0.1) is 36.9 Å². The molecule has 3 fully saturated rings. The highest BCUT2D eigenvalue weighted by Crippen LogP contribution is 2.49. The van der Waals surface area contributed by atoms with Crippen LogP contribution in [0.4, 0.5) is 0 Å². The van der Waals surface area contributed by atoms with Crippen LogP contribution in [0.1, 0.15) is 118 Å². The molecule has 36 heteroatoms. The van der Waals surface area contributed by atoms with E-state index in [4.69, 9.17) is 44.6 Å². The quantitative estimate of drug-likeness (QED) is 0.0556. The molecule has 36 nitrogen and oxygen atoms in total. The minimum absolute atomic E-state index is 0.0367. The Hall–Kier alpha value is -9.90. The highest BCUT2D eigenvalue weighted by atomic mass is 16.7. The number of ether oxygens (including phenoxy) is 7. The summed E-state index contributed by atoms with van der Waals surface area (Å²) in [5.74, 6) is -16.2. The number of amides is 7. The molecule has 23 atom stereocenters. The highest BCUT2D eigenvalue weighted by Gasteiger charge is 2.52. The lowest BCUT2D eigenvalue weighted by molar-refractivity contribution is -0.325. The van der Waals surface area contributed by atoms with Crippen LogP contribution in [0, 0.1) is 11.8 Å². The van der Waals surface area contributed by atoms with E-state index in [2.05, 4.69) is 37.2 Å². The minimum atomic E-state index is -2.32. The maximum Gasteiger partial charge on any atom is 0.330 e. The number of hydrogen-bond donors (Lipinski definition) is 21. The molecule has 109 heavy (non-hydrogen) atoms. The van der Waals surface area contributed by atoms with E-state index in [1.54, 1.807) is 0 Å². The fourth-order valence-corrected chi connectivity index (χ4v) is 14.3. The molecule has 588 valence electrons. The van der Waals surface area contributed by atoms with Gasteiger partial charge in [-0.05, 0) is 123 Å². The Labute approximate surface area is 621 Å². The normalized spacial score (nSPS) is 32.4. The Bertz CT molecular complexity index is 4250. The number of likely N-dealkylation sites (N-methyl/N-ethyl adjacent to an activating group) is 1. The third-order valence-corrected chi connectivity index (χ3v) is 20.2. The van der Waals surface area contributed by atoms with Crippen molar-refractivity contribution in [3.8, 4) is 57.1 Å². The maximum absolute atomic E-state index is 16.3. The summed E-state index contributed by atoms with van der Waals surface area (Å²) in [4.78, 5) is 119. The monoisotopic (exact) mass is 1520 g/mol. The molecular weight excluding hydrogens is 1430 g/mol. The van der Waals surface area contributed by atoms with Crippen LogP contribution in [-0.4, -0.2) is 226 Å². The van der Waals surface area contributed by atoms with Gasteiger partial charge < -0.3 is 143 Å². The fourth-order valence-electron chi connectivity index (χ4n) is 14.3. The van der Waals surface area contributed by atoms with Crippen LogP contribution in [0.2, 0.25) is 0 Å². The first kappa shape index (κ1) is 80.1. The summed E-state index contributed by atoms with van der Waals surface area (Å²) < 4.78 is 45.2. The number of phenols is 3. The third-order valence-electron chi connectivity index (χ3n) is 20.2. The SMILES string of the molecule is CNC(CC(C)C)C(=O)NC1C(=O)NC(CC(N)=O)C(=O)NC2C(=O)NC3C(=O)NC(C(=O)NC(C(=O)O)c4cc(O)cc(O)c4-c4cc3ccc4O)[C@H](OC3CC(C)(N)C(O)C(C)O3)c3ccc(cc3)Oc3cc2cc(c3OC2CC(CO)C(O)C(O)C2OC2OC(C)C(O)C(O)C2O)Oc2ccc(cc2)[C@H]1O. The van der Waals surface area contributed by atoms with Gasteiger partial charge in [0.1, 0.15) is 108 Å². The zero-order chi connectivity index (χ0) is 79.1. The second-order valence-corrected chi connectivity index (χ2v) is 28.8. The van der Waals surface area contributed by atoms with Crippen LogP contribution >= 0.6 is 0 Å². The minimum Gasteiger partial charge on any atom is -0.508 e. The van der Waals surface area contributed by atoms with Crippen molar-refractivity contribution in [1.29, 1.82) is 0 Å². The lowest BCUT2D eigenvalue weighted by Crippen LogP contribution is -2.62. The van der Waals surface area contributed by atoms with E-state index in [-0.39, 0.29) is 46.9 Å². The molecule has 7 heterocycles. The average Bonchev–Trinajstić information content (AvgIpc) is 0.768. The molecule has 1 saturated carbocycles. The molecule has 2 saturated heterocycles. The van der Waals surface area contributed by atoms with Crippen LogP contribution in [0.5, 0.6) is 46.0 Å². The van der Waals surface area contributed by atoms with E-state index in [1.807, 2.05) is 13.8 Å². The number of hydrogen-bond acceptors (Lipinski definition) is 28. The number of aliphatic carboxylic acids is 1. The van der Waals surface area contributed by atoms with E-state index in [9.17, 15) is 80.5 Å². The number of carbonyl (C=O) groups is 8. The first-order valence-corrected chi connectivity index (χ1v) is 35.1. The molecule has 23 N–H and O–H groups in total. The Morgan fingerprint density at radius 3 is 1.89 bits per heavy atom. The predicted octanol–water partition coefficient (Wildman–Crippen LogP) is -1.69. The molecule has 0 aromatic heterocycles. The number of nitrogens with two attached hydrogens (primary N) is 2. The molecule has 7 aliphatic heterocycles. The summed E-state index contributed by atoms with van der Waals surface area (Å²) in [6, 6.07) is 3.34. The molecule has 1 aliphatic carbocycles. The van der Waals surface area contributed by atoms with Crippen molar-refractivity contribution in [3.63, 3.8) is 0 Å². The summed E-state index contributed by atoms with van der Waals surface area (Å²) >= 11 is 0. The first-order chi connectivity index (χ1) is 51.5. The van der Waals surface area contributed by atoms with Crippen molar-refractivity contribution in [2.45, 2.75) is 194 Å². The van der Waals surface area contributed by atoms with E-state index < -0.39 is 263 Å². The van der Waals surface area contributed by atoms with Crippen LogP contribution in [0.25, 0.3) is 11.1 Å². The van der Waals surface area contributed by atoms with E-state index in [0.29, 0.717) is 0 Å². The number of fused-ring (bicyclic) bond motifs is 15. The number of rotatable bonds is 15. The molecule has 5 aromatic carbocycles. The number of primary amides is 1. The fraction of sp³-hybridized carbons (Fsp3) is 0.479. The van der Waals surface area contributed by atoms with E-state index >= 15 is 19.2 Å². The third kappa shape index (κ3) is 17.1. The van der Waals surface area contributed by atoms with Gasteiger partial charge in [0.25, 0.3) is 0 Å². The summed E-state index contributed by atoms with van der Waals surface area (Å²) in [7, 11) is 1.48. The number of nitrogens with one attached hydrogen (secondary N) is 7. The van der Waals surface area contributed by atoms with Crippen LogP contribution in [0.3, 0.4) is 0 Å². The van der Waals surface area contributed by atoms with E-state index in [0.717, 1.165) is 42.5 Å². The first-order valence-electron chi connectivity index (χ1n) is 35.1. The predicted molar refractivity (Wildman–Crippen MR) is 374 cm³/mol. The van der Waals surface area contributed by atoms with Crippen molar-refractivity contribution in [1.82, 2.24) is 37.2 Å². The van der Waals surface area contributed by atoms with Crippen molar-refractivity contribution in [2.75, 3.05) is 13.7 Å². The summed E-state index contributed by atoms with van der Waals surface area (Å²) in [5, 5.41) is 154. The number of carboxylic acid groups (broad SMARTS) is 1. The van der Waals surface area contributed by atoms with Crippen LogP contribution < -0.4 is 62.9 Å². The molecule has 21 unspecified atom stereocenters. The maximum atomic E-state index is 16.3. The van der Waals surface area contributed by atoms with Crippen LogP contribution in [-0.2, 0) is 57.3 Å². The molecular formula is C73H89N9O27. The zero-order valence-electron chi connectivity index (χ0n) is 59.6. The van der Waals surface area contributed by atoms with Crippen molar-refractivity contribution >= 4 is 47.3 Å². The largest absolute Gasteiger partial charge is 0.508 e. The Kier molecular flexibility index (Phi) is 24.1. The highest BCUT2D eigenvalue weighted by molar-refractivity contribution is 6.00. The number of benzene rings is 5. The number of carbonyl (C=O) groups excluding carboxylic acids is 7. The number of carboxylic acids is 1. The number of aliphatic hydroxyl groups excluding tert-OH is 8. The zero-order valence-corrected chi connectivity index (χ0v) is 59.6. The van der Waals surface area contributed by atoms with Gasteiger partial charge in [-0.15, -0.1) is 0 Å². The van der Waals surface area contributed by atoms with Gasteiger partial charge in [-0.1, -0.05) is 44.2 Å². The molecule has 5 aromatic rings. The molecule has 7 amide bonds. The lowest BCUT2D eigenvalue weighted by Gasteiger charge is -2.46. The Morgan fingerprint density at radius 1 is 0.670 bits per heavy atom. The number of aliphatic hydroxyl groups is 8. The lowest BCUT2D eigenvalue weighted by atomic mass is 9.81. The van der Waals surface area contributed by atoms with Gasteiger partial charge in [-0.25, -0.2) is 4.79 Å². The molecule has 0 spiro atoms. The Morgan fingerprint density at radius 2 is 1.28 bits per heavy atom. The van der Waals surface area contributed by atoms with Gasteiger partial charge in [-0.3, -0.25) is 33.6 Å². The second kappa shape index (κ2) is 32.7. The standard InChI is InChI=1S/C73H89N9O27/c1-27(2)17-40(76-6)65(95)81-53-56(89)30-7-12-36(13-8-30)105-44-19-33-20-45(62(44)107-46-21-34(26-83)57(90)59(92)63(46)109-72-60(93)58(91)55(88)28(3)104-72)106-37-14-9-31(10-15-37)61(108-48-25-73(5,75)64(94)29(4)103-48)54-70(100)80-52(71(101)102)39-22-35(84)23-43(86)49(39)38-18-32(11-16-42(38)85)50(67(97)82-54)79-68(98)51(33)78-66(96)41(24-47(74)87)77-69(53)99/h7-16,18-20,22-23,27-29,34,40-41,46,48,50-61,63-64,72,76,83-86,88-94H,17,21,24-26,75H2,1-6H3,(H2,74,87)(H,77,99)(H,78,96)(H,79,98)(H,80,100)(H,81,95)(H,82,97)(H,101,102)/t28?,29?,34?,40?,41?,46?,48?,50?,51?,52?,53?,54?,55?,56-,57?,58?,59?,60?,61-,63?,64?,72?,73?/m1/s1. The van der Waals surface area contributed by atoms with Gasteiger partial charge in [0, 0.05) is 47.2 Å². The van der Waals surface area contributed by atoms with Gasteiger partial charge in [-0.2, -0.15) is 0 Å². The topological polar surface area (TPSA) is 580 Å². The molecule has 8 aliphatic rings. The number of phenolic OH excluding ortho intramolecular Hbond substituents is 3. The molecule has 11 bridgehead atoms. The van der Waals surface area contributed by atoms with Crippen molar-refractivity contribution in [2.24, 2.45) is 23.3 Å². The Balaban J connectivity index is 1.17. The summed E-state index contributed by atoms with van der Waals surface area (Å²) in [6.45, 7) is 7.17.